The van der Waals surface area contributed by atoms with E-state index in [1.165, 1.54) is 5.56 Å². The zero-order valence-electron chi connectivity index (χ0n) is 15.0. The van der Waals surface area contributed by atoms with E-state index in [-0.39, 0.29) is 12.4 Å². The fourth-order valence-electron chi connectivity index (χ4n) is 2.67. The zero-order valence-corrected chi connectivity index (χ0v) is 15.0. The highest BCUT2D eigenvalue weighted by Crippen LogP contribution is 2.22. The van der Waals surface area contributed by atoms with Crippen molar-refractivity contribution in [3.05, 3.63) is 29.8 Å². The summed E-state index contributed by atoms with van der Waals surface area (Å²) in [6, 6.07) is 8.42. The van der Waals surface area contributed by atoms with Gasteiger partial charge in [-0.3, -0.25) is 4.90 Å². The highest BCUT2D eigenvalue weighted by atomic mass is 16.7. The third-order valence-corrected chi connectivity index (χ3v) is 4.26. The molecule has 4 nitrogen and oxygen atoms in total. The van der Waals surface area contributed by atoms with Crippen LogP contribution in [0.4, 0.5) is 0 Å². The van der Waals surface area contributed by atoms with Crippen LogP contribution in [0.5, 0.6) is 5.75 Å². The lowest BCUT2D eigenvalue weighted by atomic mass is 9.99. The molecule has 1 saturated heterocycles. The Labute approximate surface area is 140 Å². The zero-order chi connectivity index (χ0) is 16.7. The van der Waals surface area contributed by atoms with Crippen LogP contribution >= 0.6 is 0 Å². The molecule has 1 aromatic rings. The highest BCUT2D eigenvalue weighted by Gasteiger charge is 2.20. The molecular formula is C19H31NO3. The number of rotatable bonds is 8. The minimum absolute atomic E-state index is 0.139. The summed E-state index contributed by atoms with van der Waals surface area (Å²) >= 11 is 0. The van der Waals surface area contributed by atoms with E-state index in [0.29, 0.717) is 5.92 Å². The van der Waals surface area contributed by atoms with Crippen molar-refractivity contribution < 1.29 is 14.2 Å². The predicted octanol–water partition coefficient (Wildman–Crippen LogP) is 3.66. The van der Waals surface area contributed by atoms with Gasteiger partial charge in [0.1, 0.15) is 5.75 Å². The van der Waals surface area contributed by atoms with Gasteiger partial charge in [-0.05, 0) is 43.9 Å². The Morgan fingerprint density at radius 2 is 1.74 bits per heavy atom. The molecule has 0 saturated carbocycles. The second-order valence-electron chi connectivity index (χ2n) is 6.52. The average molecular weight is 321 g/mol. The lowest BCUT2D eigenvalue weighted by Crippen LogP contribution is -2.44. The van der Waals surface area contributed by atoms with Crippen LogP contribution in [0.2, 0.25) is 0 Å². The molecule has 0 radical (unpaired) electrons. The predicted molar refractivity (Wildman–Crippen MR) is 93.0 cm³/mol. The Hall–Kier alpha value is -1.10. The Morgan fingerprint density at radius 3 is 2.30 bits per heavy atom. The number of hydrogen-bond donors (Lipinski definition) is 0. The van der Waals surface area contributed by atoms with Gasteiger partial charge in [0.25, 0.3) is 0 Å². The first kappa shape index (κ1) is 18.2. The van der Waals surface area contributed by atoms with E-state index < -0.39 is 0 Å². The molecule has 0 aromatic heterocycles. The van der Waals surface area contributed by atoms with E-state index >= 15 is 0 Å². The molecule has 1 aromatic carbocycles. The number of morpholine rings is 1. The second-order valence-corrected chi connectivity index (χ2v) is 6.52. The SMILES string of the molecule is CCC(C)c1ccc(OC(CN2CCOCC2)OC(C)C)cc1. The fourth-order valence-corrected chi connectivity index (χ4v) is 2.67. The fraction of sp³-hybridized carbons (Fsp3) is 0.684. The quantitative estimate of drug-likeness (QED) is 0.684. The van der Waals surface area contributed by atoms with Gasteiger partial charge in [0.15, 0.2) is 0 Å². The summed E-state index contributed by atoms with van der Waals surface area (Å²) in [6.07, 6.45) is 1.04. The minimum Gasteiger partial charge on any atom is -0.464 e. The highest BCUT2D eigenvalue weighted by molar-refractivity contribution is 5.29. The Kier molecular flexibility index (Phi) is 7.34. The third-order valence-electron chi connectivity index (χ3n) is 4.26. The van der Waals surface area contributed by atoms with Crippen LogP contribution in [0.25, 0.3) is 0 Å². The molecule has 2 unspecified atom stereocenters. The first-order chi connectivity index (χ1) is 11.1. The van der Waals surface area contributed by atoms with Crippen LogP contribution in [-0.2, 0) is 9.47 Å². The van der Waals surface area contributed by atoms with Crippen LogP contribution in [0.1, 0.15) is 45.6 Å². The van der Waals surface area contributed by atoms with Crippen LogP contribution < -0.4 is 4.74 Å². The Bertz CT molecular complexity index is 440. The minimum atomic E-state index is -0.248. The third kappa shape index (κ3) is 6.13. The maximum absolute atomic E-state index is 6.09. The molecule has 0 aliphatic carbocycles. The smallest absolute Gasteiger partial charge is 0.212 e. The number of benzene rings is 1. The molecule has 0 bridgehead atoms. The Balaban J connectivity index is 1.95. The summed E-state index contributed by atoms with van der Waals surface area (Å²) < 4.78 is 17.4. The summed E-state index contributed by atoms with van der Waals surface area (Å²) in [7, 11) is 0. The molecule has 2 rings (SSSR count). The second kappa shape index (κ2) is 9.26. The molecule has 1 aliphatic rings. The summed E-state index contributed by atoms with van der Waals surface area (Å²) in [4.78, 5) is 2.34. The van der Waals surface area contributed by atoms with Crippen molar-refractivity contribution in [2.45, 2.75) is 52.4 Å². The van der Waals surface area contributed by atoms with E-state index in [4.69, 9.17) is 14.2 Å². The number of hydrogen-bond acceptors (Lipinski definition) is 4. The van der Waals surface area contributed by atoms with Crippen molar-refractivity contribution in [3.63, 3.8) is 0 Å². The number of nitrogens with zero attached hydrogens (tertiary/aromatic N) is 1. The maximum atomic E-state index is 6.09. The van der Waals surface area contributed by atoms with Gasteiger partial charge in [-0.2, -0.15) is 0 Å². The van der Waals surface area contributed by atoms with Gasteiger partial charge in [0, 0.05) is 13.1 Å². The molecular weight excluding hydrogens is 290 g/mol. The lowest BCUT2D eigenvalue weighted by molar-refractivity contribution is -0.127. The van der Waals surface area contributed by atoms with E-state index in [1.54, 1.807) is 0 Å². The van der Waals surface area contributed by atoms with E-state index in [9.17, 15) is 0 Å². The van der Waals surface area contributed by atoms with Crippen molar-refractivity contribution in [2.24, 2.45) is 0 Å². The van der Waals surface area contributed by atoms with Crippen molar-refractivity contribution in [1.29, 1.82) is 0 Å². The first-order valence-electron chi connectivity index (χ1n) is 8.80. The summed E-state index contributed by atoms with van der Waals surface area (Å²) in [5, 5.41) is 0. The van der Waals surface area contributed by atoms with Crippen molar-refractivity contribution in [3.8, 4) is 5.75 Å². The van der Waals surface area contributed by atoms with Crippen LogP contribution in [0.15, 0.2) is 24.3 Å². The standard InChI is InChI=1S/C19H31NO3/c1-5-16(4)17-6-8-18(9-7-17)23-19(22-15(2)3)14-20-10-12-21-13-11-20/h6-9,15-16,19H,5,10-14H2,1-4H3. The molecule has 0 amide bonds. The van der Waals surface area contributed by atoms with Gasteiger partial charge >= 0.3 is 0 Å². The molecule has 0 spiro atoms. The monoisotopic (exact) mass is 321 g/mol. The maximum Gasteiger partial charge on any atom is 0.212 e. The lowest BCUT2D eigenvalue weighted by Gasteiger charge is -2.31. The topological polar surface area (TPSA) is 30.9 Å². The van der Waals surface area contributed by atoms with Gasteiger partial charge < -0.3 is 14.2 Å². The van der Waals surface area contributed by atoms with Crippen molar-refractivity contribution >= 4 is 0 Å². The van der Waals surface area contributed by atoms with Crippen molar-refractivity contribution in [1.82, 2.24) is 4.90 Å². The van der Waals surface area contributed by atoms with Crippen LogP contribution in [-0.4, -0.2) is 50.1 Å². The van der Waals surface area contributed by atoms with Gasteiger partial charge in [0.2, 0.25) is 6.29 Å². The van der Waals surface area contributed by atoms with Gasteiger partial charge in [0.05, 0.1) is 25.9 Å². The van der Waals surface area contributed by atoms with Gasteiger partial charge in [-0.1, -0.05) is 26.0 Å². The number of ether oxygens (including phenoxy) is 3. The average Bonchev–Trinajstić information content (AvgIpc) is 2.55. The molecule has 1 fully saturated rings. The van der Waals surface area contributed by atoms with Crippen LogP contribution in [0, 0.1) is 0 Å². The summed E-state index contributed by atoms with van der Waals surface area (Å²) in [6.45, 7) is 12.8. The van der Waals surface area contributed by atoms with E-state index in [0.717, 1.165) is 45.0 Å². The summed E-state index contributed by atoms with van der Waals surface area (Å²) in [5.74, 6) is 1.45. The normalized spacial score (nSPS) is 18.8. The molecule has 130 valence electrons. The molecule has 4 heteroatoms. The molecule has 23 heavy (non-hydrogen) atoms. The van der Waals surface area contributed by atoms with Gasteiger partial charge in [-0.15, -0.1) is 0 Å². The van der Waals surface area contributed by atoms with Gasteiger partial charge in [-0.25, -0.2) is 0 Å². The first-order valence-corrected chi connectivity index (χ1v) is 8.80. The Morgan fingerprint density at radius 1 is 1.09 bits per heavy atom. The largest absolute Gasteiger partial charge is 0.464 e. The molecule has 1 heterocycles. The molecule has 2 atom stereocenters. The van der Waals surface area contributed by atoms with E-state index in [2.05, 4.69) is 43.0 Å². The van der Waals surface area contributed by atoms with Crippen LogP contribution in [0.3, 0.4) is 0 Å². The summed E-state index contributed by atoms with van der Waals surface area (Å²) in [5.41, 5.74) is 1.36. The van der Waals surface area contributed by atoms with E-state index in [1.807, 2.05) is 13.8 Å². The molecule has 0 N–H and O–H groups in total. The van der Waals surface area contributed by atoms with Crippen molar-refractivity contribution in [2.75, 3.05) is 32.8 Å². The molecule has 1 aliphatic heterocycles.